The standard InChI is InChI=1S/C37H29N3O4S2/c1-44-32-16-8-5-13-26(32)23-29(39-36(42)25-11-3-2-4-12-25)37(43)38-27-19-21-28(22-20-27)45-24-35(41)40-30-14-6-9-17-33(30)46-34-18-10-7-15-31(34)40/h2-23H,24H2,1H3,(H,38,43)(H,39,42)/b29-23-. The summed E-state index contributed by atoms with van der Waals surface area (Å²) in [5, 5.41) is 5.62. The van der Waals surface area contributed by atoms with Gasteiger partial charge in [0.2, 0.25) is 5.91 Å². The number of nitrogens with zero attached hydrogens (tertiary/aromatic N) is 1. The Balaban J connectivity index is 1.15. The number of methoxy groups -OCH3 is 1. The third kappa shape index (κ3) is 7.01. The van der Waals surface area contributed by atoms with Gasteiger partial charge in [0.1, 0.15) is 11.4 Å². The first-order chi connectivity index (χ1) is 22.5. The Labute approximate surface area is 275 Å². The molecule has 0 radical (unpaired) electrons. The Morgan fingerprint density at radius 2 is 1.37 bits per heavy atom. The summed E-state index contributed by atoms with van der Waals surface area (Å²) >= 11 is 3.09. The molecule has 0 spiro atoms. The van der Waals surface area contributed by atoms with E-state index in [1.54, 1.807) is 78.4 Å². The second-order valence-corrected chi connectivity index (χ2v) is 12.3. The third-order valence-corrected chi connectivity index (χ3v) is 9.25. The summed E-state index contributed by atoms with van der Waals surface area (Å²) in [6, 6.07) is 39.0. The molecule has 228 valence electrons. The Bertz CT molecular complexity index is 1880. The number of carbonyl (C=O) groups is 3. The lowest BCUT2D eigenvalue weighted by Gasteiger charge is -2.31. The number of rotatable bonds is 9. The minimum Gasteiger partial charge on any atom is -0.496 e. The van der Waals surface area contributed by atoms with Crippen molar-refractivity contribution in [3.63, 3.8) is 0 Å². The Morgan fingerprint density at radius 3 is 2.04 bits per heavy atom. The molecule has 9 heteroatoms. The molecule has 2 N–H and O–H groups in total. The van der Waals surface area contributed by atoms with Crippen LogP contribution in [0.25, 0.3) is 6.08 Å². The highest BCUT2D eigenvalue weighted by Crippen LogP contribution is 2.48. The minimum atomic E-state index is -0.494. The van der Waals surface area contributed by atoms with Gasteiger partial charge in [-0.05, 0) is 72.8 Å². The van der Waals surface area contributed by atoms with Gasteiger partial charge in [0.15, 0.2) is 0 Å². The van der Waals surface area contributed by atoms with Crippen LogP contribution in [0, 0.1) is 0 Å². The van der Waals surface area contributed by atoms with E-state index in [4.69, 9.17) is 4.74 Å². The van der Waals surface area contributed by atoms with E-state index in [0.717, 1.165) is 26.1 Å². The van der Waals surface area contributed by atoms with Gasteiger partial charge in [-0.3, -0.25) is 19.3 Å². The Kier molecular flexibility index (Phi) is 9.52. The van der Waals surface area contributed by atoms with Crippen LogP contribution in [0.3, 0.4) is 0 Å². The highest BCUT2D eigenvalue weighted by atomic mass is 32.2. The van der Waals surface area contributed by atoms with Gasteiger partial charge >= 0.3 is 0 Å². The predicted octanol–water partition coefficient (Wildman–Crippen LogP) is 8.03. The molecule has 6 rings (SSSR count). The van der Waals surface area contributed by atoms with Crippen molar-refractivity contribution in [2.75, 3.05) is 23.1 Å². The lowest BCUT2D eigenvalue weighted by atomic mass is 10.1. The van der Waals surface area contributed by atoms with Gasteiger partial charge in [0.25, 0.3) is 11.8 Å². The number of anilines is 3. The first-order valence-corrected chi connectivity index (χ1v) is 16.2. The summed E-state index contributed by atoms with van der Waals surface area (Å²) in [5.74, 6) is -0.135. The van der Waals surface area contributed by atoms with Crippen LogP contribution in [-0.4, -0.2) is 30.6 Å². The molecule has 0 aromatic heterocycles. The van der Waals surface area contributed by atoms with Crippen LogP contribution in [0.1, 0.15) is 15.9 Å². The summed E-state index contributed by atoms with van der Waals surface area (Å²) in [7, 11) is 1.55. The number of para-hydroxylation sites is 3. The van der Waals surface area contributed by atoms with Crippen LogP contribution in [0.2, 0.25) is 0 Å². The minimum absolute atomic E-state index is 0.0251. The zero-order valence-corrected chi connectivity index (χ0v) is 26.4. The maximum absolute atomic E-state index is 13.6. The van der Waals surface area contributed by atoms with Gasteiger partial charge in [0.05, 0.1) is 24.2 Å². The molecule has 3 amide bonds. The number of thioether (sulfide) groups is 1. The number of fused-ring (bicyclic) bond motifs is 2. The summed E-state index contributed by atoms with van der Waals surface area (Å²) in [6.45, 7) is 0. The third-order valence-electron chi connectivity index (χ3n) is 7.12. The van der Waals surface area contributed by atoms with Crippen molar-refractivity contribution < 1.29 is 19.1 Å². The molecule has 1 heterocycles. The molecule has 0 fully saturated rings. The van der Waals surface area contributed by atoms with Gasteiger partial charge in [-0.15, -0.1) is 11.8 Å². The van der Waals surface area contributed by atoms with Gasteiger partial charge in [-0.2, -0.15) is 0 Å². The SMILES string of the molecule is COc1ccccc1/C=C(\NC(=O)c1ccccc1)C(=O)Nc1ccc(SCC(=O)N2c3ccccc3Sc3ccccc32)cc1. The molecular formula is C37H29N3O4S2. The van der Waals surface area contributed by atoms with Crippen LogP contribution in [0.4, 0.5) is 17.1 Å². The lowest BCUT2D eigenvalue weighted by Crippen LogP contribution is -2.30. The van der Waals surface area contributed by atoms with E-state index in [1.165, 1.54) is 11.8 Å². The van der Waals surface area contributed by atoms with E-state index >= 15 is 0 Å². The van der Waals surface area contributed by atoms with E-state index < -0.39 is 11.8 Å². The van der Waals surface area contributed by atoms with E-state index in [-0.39, 0.29) is 17.4 Å². The molecule has 0 bridgehead atoms. The Morgan fingerprint density at radius 1 is 0.761 bits per heavy atom. The lowest BCUT2D eigenvalue weighted by molar-refractivity contribution is -0.115. The molecule has 46 heavy (non-hydrogen) atoms. The summed E-state index contributed by atoms with van der Waals surface area (Å²) < 4.78 is 5.44. The molecule has 0 saturated carbocycles. The molecule has 7 nitrogen and oxygen atoms in total. The van der Waals surface area contributed by atoms with Gasteiger partial charge < -0.3 is 15.4 Å². The number of hydrogen-bond donors (Lipinski definition) is 2. The average molecular weight is 644 g/mol. The number of amides is 3. The van der Waals surface area contributed by atoms with Crippen molar-refractivity contribution in [2.24, 2.45) is 0 Å². The molecule has 1 aliphatic heterocycles. The fourth-order valence-electron chi connectivity index (χ4n) is 4.90. The number of carbonyl (C=O) groups excluding carboxylic acids is 3. The van der Waals surface area contributed by atoms with Gasteiger partial charge in [-0.25, -0.2) is 0 Å². The van der Waals surface area contributed by atoms with Crippen LogP contribution in [0.15, 0.2) is 148 Å². The fourth-order valence-corrected chi connectivity index (χ4v) is 6.71. The molecule has 1 aliphatic rings. The summed E-state index contributed by atoms with van der Waals surface area (Å²) in [5.41, 5.74) is 3.42. The smallest absolute Gasteiger partial charge is 0.272 e. The summed E-state index contributed by atoms with van der Waals surface area (Å²) in [4.78, 5) is 44.8. The predicted molar refractivity (Wildman–Crippen MR) is 185 cm³/mol. The molecule has 0 unspecified atom stereocenters. The molecule has 0 aliphatic carbocycles. The average Bonchev–Trinajstić information content (AvgIpc) is 3.10. The second kappa shape index (κ2) is 14.2. The van der Waals surface area contributed by atoms with Crippen molar-refractivity contribution in [1.82, 2.24) is 5.32 Å². The highest BCUT2D eigenvalue weighted by Gasteiger charge is 2.27. The first-order valence-electron chi connectivity index (χ1n) is 14.4. The van der Waals surface area contributed by atoms with Crippen LogP contribution >= 0.6 is 23.5 Å². The van der Waals surface area contributed by atoms with Crippen molar-refractivity contribution in [3.05, 3.63) is 144 Å². The zero-order chi connectivity index (χ0) is 31.9. The van der Waals surface area contributed by atoms with Crippen molar-refractivity contribution in [2.45, 2.75) is 14.7 Å². The Hall–Kier alpha value is -5.25. The number of nitrogens with one attached hydrogen (secondary N) is 2. The molecule has 0 saturated heterocycles. The van der Waals surface area contributed by atoms with E-state index in [0.29, 0.717) is 22.6 Å². The monoisotopic (exact) mass is 643 g/mol. The summed E-state index contributed by atoms with van der Waals surface area (Å²) in [6.07, 6.45) is 1.58. The van der Waals surface area contributed by atoms with Crippen LogP contribution in [-0.2, 0) is 9.59 Å². The van der Waals surface area contributed by atoms with Crippen LogP contribution in [0.5, 0.6) is 5.75 Å². The van der Waals surface area contributed by atoms with Crippen molar-refractivity contribution >= 4 is 64.4 Å². The quantitative estimate of drug-likeness (QED) is 0.125. The van der Waals surface area contributed by atoms with E-state index in [1.807, 2.05) is 78.9 Å². The molecular weight excluding hydrogens is 615 g/mol. The highest BCUT2D eigenvalue weighted by molar-refractivity contribution is 8.00. The fraction of sp³-hybridized carbons (Fsp3) is 0.0541. The van der Waals surface area contributed by atoms with Gasteiger partial charge in [0, 0.05) is 31.5 Å². The maximum Gasteiger partial charge on any atom is 0.272 e. The van der Waals surface area contributed by atoms with Gasteiger partial charge in [-0.1, -0.05) is 72.4 Å². The zero-order valence-electron chi connectivity index (χ0n) is 24.8. The maximum atomic E-state index is 13.6. The normalized spacial score (nSPS) is 12.0. The largest absolute Gasteiger partial charge is 0.496 e. The van der Waals surface area contributed by atoms with Crippen molar-refractivity contribution in [1.29, 1.82) is 0 Å². The van der Waals surface area contributed by atoms with Crippen LogP contribution < -0.4 is 20.3 Å². The first kappa shape index (κ1) is 30.8. The molecule has 0 atom stereocenters. The number of benzene rings is 5. The van der Waals surface area contributed by atoms with Crippen molar-refractivity contribution in [3.8, 4) is 5.75 Å². The number of ether oxygens (including phenoxy) is 1. The molecule has 5 aromatic rings. The number of hydrogen-bond acceptors (Lipinski definition) is 6. The topological polar surface area (TPSA) is 87.7 Å². The van der Waals surface area contributed by atoms with E-state index in [9.17, 15) is 14.4 Å². The second-order valence-electron chi connectivity index (χ2n) is 10.2. The van der Waals surface area contributed by atoms with E-state index in [2.05, 4.69) is 10.6 Å². The molecule has 5 aromatic carbocycles.